The van der Waals surface area contributed by atoms with Crippen molar-refractivity contribution >= 4 is 11.5 Å². The zero-order valence-corrected chi connectivity index (χ0v) is 11.6. The molecule has 0 fully saturated rings. The number of nitrogen functional groups attached to an aromatic ring is 1. The first-order valence-corrected chi connectivity index (χ1v) is 6.37. The lowest BCUT2D eigenvalue weighted by Gasteiger charge is -2.25. The SMILES string of the molecule is Cc1cc(NCC(C(C)C)C(C)C)ncc1N. The Bertz CT molecular complexity index is 350. The van der Waals surface area contributed by atoms with Crippen LogP contribution in [-0.4, -0.2) is 11.5 Å². The zero-order valence-electron chi connectivity index (χ0n) is 11.6. The van der Waals surface area contributed by atoms with Crippen molar-refractivity contribution in [2.75, 3.05) is 17.6 Å². The number of rotatable bonds is 5. The highest BCUT2D eigenvalue weighted by molar-refractivity contribution is 5.50. The van der Waals surface area contributed by atoms with Crippen LogP contribution in [0, 0.1) is 24.7 Å². The minimum atomic E-state index is 0.662. The highest BCUT2D eigenvalue weighted by Gasteiger charge is 2.17. The maximum absolute atomic E-state index is 5.75. The molecule has 17 heavy (non-hydrogen) atoms. The quantitative estimate of drug-likeness (QED) is 0.823. The van der Waals surface area contributed by atoms with E-state index in [-0.39, 0.29) is 0 Å². The monoisotopic (exact) mass is 235 g/mol. The number of hydrogen-bond donors (Lipinski definition) is 2. The molecule has 0 bridgehead atoms. The van der Waals surface area contributed by atoms with Crippen LogP contribution in [-0.2, 0) is 0 Å². The lowest BCUT2D eigenvalue weighted by Crippen LogP contribution is -2.24. The van der Waals surface area contributed by atoms with E-state index in [4.69, 9.17) is 5.73 Å². The second kappa shape index (κ2) is 5.89. The van der Waals surface area contributed by atoms with Crippen LogP contribution < -0.4 is 11.1 Å². The number of nitrogens with two attached hydrogens (primary N) is 1. The largest absolute Gasteiger partial charge is 0.397 e. The average Bonchev–Trinajstić information content (AvgIpc) is 2.22. The molecule has 0 atom stereocenters. The fourth-order valence-corrected chi connectivity index (χ4v) is 2.13. The Hall–Kier alpha value is -1.25. The number of nitrogens with zero attached hydrogens (tertiary/aromatic N) is 1. The summed E-state index contributed by atoms with van der Waals surface area (Å²) in [5, 5.41) is 3.41. The van der Waals surface area contributed by atoms with E-state index in [1.165, 1.54) is 0 Å². The molecule has 0 aromatic carbocycles. The van der Waals surface area contributed by atoms with Gasteiger partial charge in [0.15, 0.2) is 0 Å². The van der Waals surface area contributed by atoms with Gasteiger partial charge in [-0.2, -0.15) is 0 Å². The van der Waals surface area contributed by atoms with E-state index in [2.05, 4.69) is 38.0 Å². The Morgan fingerprint density at radius 1 is 1.24 bits per heavy atom. The minimum Gasteiger partial charge on any atom is -0.397 e. The van der Waals surface area contributed by atoms with Gasteiger partial charge in [0.1, 0.15) is 5.82 Å². The van der Waals surface area contributed by atoms with E-state index in [1.54, 1.807) is 6.20 Å². The summed E-state index contributed by atoms with van der Waals surface area (Å²) >= 11 is 0. The zero-order chi connectivity index (χ0) is 13.0. The molecule has 0 aliphatic carbocycles. The number of pyridine rings is 1. The molecule has 1 aromatic rings. The minimum absolute atomic E-state index is 0.662. The standard InChI is InChI=1S/C14H25N3/c1-9(2)12(10(3)4)7-16-14-6-11(5)13(15)8-17-14/h6,8-10,12H,7,15H2,1-5H3,(H,16,17). The maximum atomic E-state index is 5.75. The molecule has 3 N–H and O–H groups in total. The van der Waals surface area contributed by atoms with Gasteiger partial charge in [0, 0.05) is 6.54 Å². The second-order valence-corrected chi connectivity index (χ2v) is 5.46. The smallest absolute Gasteiger partial charge is 0.126 e. The van der Waals surface area contributed by atoms with Crippen LogP contribution in [0.3, 0.4) is 0 Å². The number of hydrogen-bond acceptors (Lipinski definition) is 3. The van der Waals surface area contributed by atoms with Gasteiger partial charge in [-0.05, 0) is 36.3 Å². The topological polar surface area (TPSA) is 50.9 Å². The molecular formula is C14H25N3. The van der Waals surface area contributed by atoms with Gasteiger partial charge in [-0.25, -0.2) is 4.98 Å². The van der Waals surface area contributed by atoms with E-state index >= 15 is 0 Å². The van der Waals surface area contributed by atoms with Crippen molar-refractivity contribution in [1.29, 1.82) is 0 Å². The predicted octanol–water partition coefficient (Wildman–Crippen LogP) is 3.31. The van der Waals surface area contributed by atoms with Gasteiger partial charge < -0.3 is 11.1 Å². The first-order chi connectivity index (χ1) is 7.91. The number of aryl methyl sites for hydroxylation is 1. The van der Waals surface area contributed by atoms with Crippen LogP contribution in [0.1, 0.15) is 33.3 Å². The second-order valence-electron chi connectivity index (χ2n) is 5.46. The molecule has 0 aliphatic heterocycles. The summed E-state index contributed by atoms with van der Waals surface area (Å²) in [5.41, 5.74) is 7.58. The Kier molecular flexibility index (Phi) is 4.79. The fraction of sp³-hybridized carbons (Fsp3) is 0.643. The lowest BCUT2D eigenvalue weighted by molar-refractivity contribution is 0.304. The van der Waals surface area contributed by atoms with E-state index in [0.29, 0.717) is 17.8 Å². The average molecular weight is 235 g/mol. The van der Waals surface area contributed by atoms with Gasteiger partial charge in [-0.3, -0.25) is 0 Å². The van der Waals surface area contributed by atoms with Gasteiger partial charge in [-0.1, -0.05) is 27.7 Å². The predicted molar refractivity (Wildman–Crippen MR) is 75.0 cm³/mol. The molecule has 1 heterocycles. The van der Waals surface area contributed by atoms with Crippen molar-refractivity contribution in [2.24, 2.45) is 17.8 Å². The van der Waals surface area contributed by atoms with Crippen molar-refractivity contribution in [2.45, 2.75) is 34.6 Å². The lowest BCUT2D eigenvalue weighted by atomic mass is 9.85. The molecule has 0 aliphatic rings. The van der Waals surface area contributed by atoms with Crippen molar-refractivity contribution in [3.63, 3.8) is 0 Å². The number of nitrogens with one attached hydrogen (secondary N) is 1. The molecule has 0 amide bonds. The highest BCUT2D eigenvalue weighted by Crippen LogP contribution is 2.21. The third kappa shape index (κ3) is 3.91. The van der Waals surface area contributed by atoms with Gasteiger partial charge in [0.05, 0.1) is 11.9 Å². The van der Waals surface area contributed by atoms with Crippen molar-refractivity contribution in [1.82, 2.24) is 4.98 Å². The maximum Gasteiger partial charge on any atom is 0.126 e. The third-order valence-electron chi connectivity index (χ3n) is 3.38. The van der Waals surface area contributed by atoms with Crippen LogP contribution in [0.25, 0.3) is 0 Å². The summed E-state index contributed by atoms with van der Waals surface area (Å²) in [4.78, 5) is 4.29. The van der Waals surface area contributed by atoms with E-state index in [1.807, 2.05) is 13.0 Å². The first-order valence-electron chi connectivity index (χ1n) is 6.37. The molecule has 96 valence electrons. The van der Waals surface area contributed by atoms with Crippen molar-refractivity contribution in [3.8, 4) is 0 Å². The third-order valence-corrected chi connectivity index (χ3v) is 3.38. The summed E-state index contributed by atoms with van der Waals surface area (Å²) in [7, 11) is 0. The molecule has 0 unspecified atom stereocenters. The van der Waals surface area contributed by atoms with Crippen LogP contribution >= 0.6 is 0 Å². The molecule has 0 saturated carbocycles. The van der Waals surface area contributed by atoms with Crippen LogP contribution in [0.2, 0.25) is 0 Å². The molecule has 3 heteroatoms. The molecule has 0 radical (unpaired) electrons. The van der Waals surface area contributed by atoms with Crippen molar-refractivity contribution < 1.29 is 0 Å². The molecule has 0 spiro atoms. The summed E-state index contributed by atoms with van der Waals surface area (Å²) in [6.45, 7) is 12.1. The Morgan fingerprint density at radius 2 is 1.82 bits per heavy atom. The van der Waals surface area contributed by atoms with Crippen molar-refractivity contribution in [3.05, 3.63) is 17.8 Å². The first kappa shape index (κ1) is 13.8. The summed E-state index contributed by atoms with van der Waals surface area (Å²) < 4.78 is 0. The highest BCUT2D eigenvalue weighted by atomic mass is 15.0. The van der Waals surface area contributed by atoms with Gasteiger partial charge in [-0.15, -0.1) is 0 Å². The summed E-state index contributed by atoms with van der Waals surface area (Å²) in [6.07, 6.45) is 1.72. The van der Waals surface area contributed by atoms with Gasteiger partial charge in [0.25, 0.3) is 0 Å². The Balaban J connectivity index is 2.62. The Labute approximate surface area is 105 Å². The Morgan fingerprint density at radius 3 is 2.29 bits per heavy atom. The fourth-order valence-electron chi connectivity index (χ4n) is 2.13. The number of aromatic nitrogens is 1. The van der Waals surface area contributed by atoms with Gasteiger partial charge in [0.2, 0.25) is 0 Å². The number of anilines is 2. The molecular weight excluding hydrogens is 210 g/mol. The molecule has 3 nitrogen and oxygen atoms in total. The molecule has 1 rings (SSSR count). The molecule has 0 saturated heterocycles. The summed E-state index contributed by atoms with van der Waals surface area (Å²) in [5.74, 6) is 2.94. The van der Waals surface area contributed by atoms with Gasteiger partial charge >= 0.3 is 0 Å². The molecule has 1 aromatic heterocycles. The van der Waals surface area contributed by atoms with E-state index in [0.717, 1.165) is 23.6 Å². The van der Waals surface area contributed by atoms with E-state index in [9.17, 15) is 0 Å². The van der Waals surface area contributed by atoms with Crippen LogP contribution in [0.15, 0.2) is 12.3 Å². The van der Waals surface area contributed by atoms with E-state index < -0.39 is 0 Å². The normalized spacial score (nSPS) is 11.5. The van der Waals surface area contributed by atoms with Crippen LogP contribution in [0.4, 0.5) is 11.5 Å². The van der Waals surface area contributed by atoms with Crippen LogP contribution in [0.5, 0.6) is 0 Å². The summed E-state index contributed by atoms with van der Waals surface area (Å²) in [6, 6.07) is 2.01.